The second kappa shape index (κ2) is 4.56. The van der Waals surface area contributed by atoms with Crippen LogP contribution in [0.4, 0.5) is 0 Å². The molecular formula is C17H14N4O2. The molecule has 6 nitrogen and oxygen atoms in total. The number of hydrogen-bond acceptors (Lipinski definition) is 6. The molecular weight excluding hydrogens is 292 g/mol. The zero-order valence-corrected chi connectivity index (χ0v) is 12.7. The molecule has 0 radical (unpaired) electrons. The van der Waals surface area contributed by atoms with Crippen LogP contribution in [0.25, 0.3) is 0 Å². The number of hydrogen-bond donors (Lipinski definition) is 1. The summed E-state index contributed by atoms with van der Waals surface area (Å²) in [6, 6.07) is 14.8. The van der Waals surface area contributed by atoms with E-state index < -0.39 is 28.6 Å². The first-order chi connectivity index (χ1) is 10.9. The van der Waals surface area contributed by atoms with Gasteiger partial charge in [0.1, 0.15) is 6.10 Å². The van der Waals surface area contributed by atoms with Gasteiger partial charge < -0.3 is 9.47 Å². The van der Waals surface area contributed by atoms with Crippen molar-refractivity contribution < 1.29 is 9.47 Å². The van der Waals surface area contributed by atoms with Gasteiger partial charge >= 0.3 is 0 Å². The van der Waals surface area contributed by atoms with Gasteiger partial charge in [-0.25, -0.2) is 0 Å². The smallest absolute Gasteiger partial charge is 0.214 e. The molecule has 1 N–H and O–H groups in total. The molecule has 1 aromatic rings. The number of nitrogens with one attached hydrogen (secondary N) is 1. The lowest BCUT2D eigenvalue weighted by atomic mass is 9.54. The molecule has 0 saturated carbocycles. The number of nitriles is 3. The van der Waals surface area contributed by atoms with E-state index in [2.05, 4.69) is 6.07 Å². The second-order valence-electron chi connectivity index (χ2n) is 6.03. The Kier molecular flexibility index (Phi) is 2.98. The topological polar surface area (TPSA) is 114 Å². The molecule has 4 atom stereocenters. The number of nitrogens with zero attached hydrogens (tertiary/aromatic N) is 3. The van der Waals surface area contributed by atoms with Gasteiger partial charge in [0.15, 0.2) is 5.41 Å². The number of ether oxygens (including phenoxy) is 2. The maximum atomic E-state index is 9.86. The van der Waals surface area contributed by atoms with Gasteiger partial charge in [0, 0.05) is 6.92 Å². The van der Waals surface area contributed by atoms with Gasteiger partial charge in [-0.05, 0) is 5.56 Å². The molecule has 2 aliphatic rings. The monoisotopic (exact) mass is 306 g/mol. The summed E-state index contributed by atoms with van der Waals surface area (Å²) in [6.45, 7) is 3.31. The summed E-state index contributed by atoms with van der Waals surface area (Å²) in [5.74, 6) is -2.24. The van der Waals surface area contributed by atoms with Gasteiger partial charge in [0.25, 0.3) is 0 Å². The Bertz CT molecular complexity index is 787. The highest BCUT2D eigenvalue weighted by Gasteiger charge is 2.78. The van der Waals surface area contributed by atoms with Crippen LogP contribution in [-0.4, -0.2) is 11.7 Å². The van der Waals surface area contributed by atoms with Crippen molar-refractivity contribution in [2.24, 2.45) is 16.7 Å². The van der Waals surface area contributed by atoms with Crippen LogP contribution in [0.2, 0.25) is 0 Å². The molecule has 2 saturated heterocycles. The number of fused-ring (bicyclic) bond motifs is 2. The van der Waals surface area contributed by atoms with E-state index in [1.807, 2.05) is 18.2 Å². The predicted molar refractivity (Wildman–Crippen MR) is 78.4 cm³/mol. The van der Waals surface area contributed by atoms with Crippen LogP contribution in [0.15, 0.2) is 30.3 Å². The summed E-state index contributed by atoms with van der Waals surface area (Å²) in [4.78, 5) is 0. The molecule has 23 heavy (non-hydrogen) atoms. The normalized spacial score (nSPS) is 37.1. The Morgan fingerprint density at radius 3 is 2.22 bits per heavy atom. The van der Waals surface area contributed by atoms with Crippen LogP contribution >= 0.6 is 0 Å². The SMILES string of the molecule is CC1C2(C)OC(=N)C1(C#N)C(C#N)(C#N)C(c1ccccc1)O2. The zero-order chi connectivity index (χ0) is 16.9. The van der Waals surface area contributed by atoms with E-state index >= 15 is 0 Å². The van der Waals surface area contributed by atoms with Crippen LogP contribution < -0.4 is 0 Å². The molecule has 2 aliphatic heterocycles. The predicted octanol–water partition coefficient (Wildman–Crippen LogP) is 2.66. The van der Waals surface area contributed by atoms with Crippen molar-refractivity contribution in [2.45, 2.75) is 25.7 Å². The van der Waals surface area contributed by atoms with Crippen molar-refractivity contribution in [3.8, 4) is 18.2 Å². The summed E-state index contributed by atoms with van der Waals surface area (Å²) in [6.07, 6.45) is -0.984. The van der Waals surface area contributed by atoms with E-state index in [1.54, 1.807) is 38.1 Å². The fourth-order valence-corrected chi connectivity index (χ4v) is 3.64. The van der Waals surface area contributed by atoms with Gasteiger partial charge in [-0.2, -0.15) is 15.8 Å². The molecule has 2 fully saturated rings. The molecule has 0 aliphatic carbocycles. The second-order valence-corrected chi connectivity index (χ2v) is 6.03. The third-order valence-electron chi connectivity index (χ3n) is 5.10. The van der Waals surface area contributed by atoms with E-state index in [9.17, 15) is 15.8 Å². The Hall–Kier alpha value is -2.88. The quantitative estimate of drug-likeness (QED) is 0.856. The first kappa shape index (κ1) is 15.0. The van der Waals surface area contributed by atoms with Crippen molar-refractivity contribution in [3.05, 3.63) is 35.9 Å². The minimum absolute atomic E-state index is 0.378. The van der Waals surface area contributed by atoms with E-state index in [4.69, 9.17) is 14.9 Å². The average Bonchev–Trinajstić information content (AvgIpc) is 2.71. The lowest BCUT2D eigenvalue weighted by Crippen LogP contribution is -2.57. The standard InChI is InChI=1S/C17H14N4O2/c1-11-15(2)22-13(12-6-4-3-5-7-12)16(8-18,9-19)17(11,10-20)14(21)23-15/h3-7,11,13,21H,1-2H3. The van der Waals surface area contributed by atoms with E-state index in [0.717, 1.165) is 0 Å². The fourth-order valence-electron chi connectivity index (χ4n) is 3.64. The molecule has 114 valence electrons. The van der Waals surface area contributed by atoms with Crippen LogP contribution in [0, 0.1) is 56.2 Å². The lowest BCUT2D eigenvalue weighted by molar-refractivity contribution is -0.268. The van der Waals surface area contributed by atoms with Gasteiger partial charge in [0.2, 0.25) is 17.1 Å². The van der Waals surface area contributed by atoms with Crippen molar-refractivity contribution in [2.75, 3.05) is 0 Å². The Morgan fingerprint density at radius 1 is 1.09 bits per heavy atom. The number of rotatable bonds is 1. The molecule has 0 spiro atoms. The van der Waals surface area contributed by atoms with Crippen LogP contribution in [0.1, 0.15) is 25.5 Å². The molecule has 2 heterocycles. The van der Waals surface area contributed by atoms with E-state index in [1.165, 1.54) is 0 Å². The number of benzene rings is 1. The summed E-state index contributed by atoms with van der Waals surface area (Å²) in [7, 11) is 0. The molecule has 4 unspecified atom stereocenters. The zero-order valence-electron chi connectivity index (χ0n) is 12.7. The summed E-state index contributed by atoms with van der Waals surface area (Å²) in [5.41, 5.74) is -2.94. The Balaban J connectivity index is 2.34. The largest absolute Gasteiger partial charge is 0.448 e. The maximum Gasteiger partial charge on any atom is 0.214 e. The molecule has 3 rings (SSSR count). The van der Waals surface area contributed by atoms with Crippen molar-refractivity contribution in [1.29, 1.82) is 21.2 Å². The van der Waals surface area contributed by atoms with Crippen molar-refractivity contribution in [3.63, 3.8) is 0 Å². The molecule has 0 amide bonds. The Labute approximate surface area is 134 Å². The van der Waals surface area contributed by atoms with Gasteiger partial charge in [0.05, 0.1) is 24.1 Å². The Morgan fingerprint density at radius 2 is 1.70 bits per heavy atom. The van der Waals surface area contributed by atoms with Crippen molar-refractivity contribution in [1.82, 2.24) is 0 Å². The summed E-state index contributed by atoms with van der Waals surface area (Å²) >= 11 is 0. The summed E-state index contributed by atoms with van der Waals surface area (Å²) < 4.78 is 11.5. The maximum absolute atomic E-state index is 9.86. The minimum Gasteiger partial charge on any atom is -0.448 e. The van der Waals surface area contributed by atoms with Crippen LogP contribution in [-0.2, 0) is 9.47 Å². The van der Waals surface area contributed by atoms with Crippen LogP contribution in [0.3, 0.4) is 0 Å². The third-order valence-corrected chi connectivity index (χ3v) is 5.10. The van der Waals surface area contributed by atoms with Crippen molar-refractivity contribution >= 4 is 5.90 Å². The lowest BCUT2D eigenvalue weighted by Gasteiger charge is -2.47. The molecule has 6 heteroatoms. The molecule has 2 bridgehead atoms. The summed E-state index contributed by atoms with van der Waals surface area (Å²) in [5, 5.41) is 37.7. The molecule has 1 aromatic carbocycles. The minimum atomic E-state index is -1.87. The first-order valence-corrected chi connectivity index (χ1v) is 7.16. The van der Waals surface area contributed by atoms with E-state index in [0.29, 0.717) is 5.56 Å². The van der Waals surface area contributed by atoms with Gasteiger partial charge in [-0.1, -0.05) is 37.3 Å². The van der Waals surface area contributed by atoms with Crippen LogP contribution in [0.5, 0.6) is 0 Å². The highest BCUT2D eigenvalue weighted by Crippen LogP contribution is 2.66. The van der Waals surface area contributed by atoms with E-state index in [-0.39, 0.29) is 5.90 Å². The fraction of sp³-hybridized carbons (Fsp3) is 0.412. The third kappa shape index (κ3) is 1.50. The first-order valence-electron chi connectivity index (χ1n) is 7.16. The highest BCUT2D eigenvalue weighted by molar-refractivity contribution is 5.89. The average molecular weight is 306 g/mol. The molecule has 0 aromatic heterocycles. The highest BCUT2D eigenvalue weighted by atomic mass is 16.7. The van der Waals surface area contributed by atoms with Gasteiger partial charge in [-0.15, -0.1) is 0 Å². The van der Waals surface area contributed by atoms with Gasteiger partial charge in [-0.3, -0.25) is 5.41 Å².